The van der Waals surface area contributed by atoms with Gasteiger partial charge in [0.2, 0.25) is 11.8 Å². The van der Waals surface area contributed by atoms with Gasteiger partial charge in [-0.2, -0.15) is 0 Å². The molecular formula is C11H9BrFNO2. The second-order valence-corrected chi connectivity index (χ2v) is 4.86. The lowest BCUT2D eigenvalue weighted by molar-refractivity contribution is -0.126. The van der Waals surface area contributed by atoms with Crippen LogP contribution in [0.3, 0.4) is 0 Å². The first-order chi connectivity index (χ1) is 7.43. The molecule has 84 valence electrons. The van der Waals surface area contributed by atoms with Crippen LogP contribution in [-0.2, 0) is 15.0 Å². The van der Waals surface area contributed by atoms with E-state index in [1.165, 1.54) is 18.2 Å². The van der Waals surface area contributed by atoms with E-state index in [4.69, 9.17) is 0 Å². The molecule has 0 bridgehead atoms. The quantitative estimate of drug-likeness (QED) is 0.801. The van der Waals surface area contributed by atoms with Gasteiger partial charge in [0.05, 0.1) is 5.41 Å². The van der Waals surface area contributed by atoms with Crippen LogP contribution in [0.5, 0.6) is 0 Å². The van der Waals surface area contributed by atoms with Crippen LogP contribution in [0.4, 0.5) is 4.39 Å². The number of carbonyl (C=O) groups excluding carboxylic acids is 2. The van der Waals surface area contributed by atoms with Gasteiger partial charge in [0.1, 0.15) is 5.82 Å². The molecule has 1 saturated heterocycles. The summed E-state index contributed by atoms with van der Waals surface area (Å²) in [6.07, 6.45) is 0.0933. The molecule has 0 aliphatic carbocycles. The molecule has 0 aromatic heterocycles. The van der Waals surface area contributed by atoms with Crippen molar-refractivity contribution >= 4 is 27.7 Å². The smallest absolute Gasteiger partial charge is 0.237 e. The summed E-state index contributed by atoms with van der Waals surface area (Å²) in [6, 6.07) is 4.09. The lowest BCUT2D eigenvalue weighted by Gasteiger charge is -2.21. The number of amides is 2. The minimum atomic E-state index is -0.913. The first-order valence-corrected chi connectivity index (χ1v) is 5.52. The Bertz CT molecular complexity index is 489. The van der Waals surface area contributed by atoms with Gasteiger partial charge in [0.15, 0.2) is 0 Å². The van der Waals surface area contributed by atoms with Crippen LogP contribution < -0.4 is 5.32 Å². The van der Waals surface area contributed by atoms with E-state index in [1.807, 2.05) is 0 Å². The SMILES string of the molecule is CC1(c2ccc(F)cc2Br)CC(=O)NC1=O. The minimum Gasteiger partial charge on any atom is -0.296 e. The third-order valence-corrected chi connectivity index (χ3v) is 3.45. The lowest BCUT2D eigenvalue weighted by Crippen LogP contribution is -2.33. The van der Waals surface area contributed by atoms with Gasteiger partial charge in [-0.25, -0.2) is 4.39 Å². The van der Waals surface area contributed by atoms with E-state index in [1.54, 1.807) is 6.92 Å². The van der Waals surface area contributed by atoms with Crippen LogP contribution >= 0.6 is 15.9 Å². The van der Waals surface area contributed by atoms with Crippen LogP contribution in [0, 0.1) is 5.82 Å². The maximum absolute atomic E-state index is 12.9. The Morgan fingerprint density at radius 2 is 2.12 bits per heavy atom. The van der Waals surface area contributed by atoms with Crippen LogP contribution in [0.15, 0.2) is 22.7 Å². The van der Waals surface area contributed by atoms with E-state index in [2.05, 4.69) is 21.2 Å². The zero-order valence-corrected chi connectivity index (χ0v) is 10.1. The predicted octanol–water partition coefficient (Wildman–Crippen LogP) is 1.89. The molecule has 1 aromatic carbocycles. The molecule has 1 aliphatic rings. The molecule has 1 atom stereocenters. The first kappa shape index (κ1) is 11.3. The van der Waals surface area contributed by atoms with Crippen molar-refractivity contribution in [2.75, 3.05) is 0 Å². The summed E-state index contributed by atoms with van der Waals surface area (Å²) in [5.41, 5.74) is -0.291. The van der Waals surface area contributed by atoms with Crippen LogP contribution in [0.25, 0.3) is 0 Å². The van der Waals surface area contributed by atoms with Crippen molar-refractivity contribution in [3.63, 3.8) is 0 Å². The number of nitrogens with one attached hydrogen (secondary N) is 1. The number of hydrogen-bond donors (Lipinski definition) is 1. The fourth-order valence-electron chi connectivity index (χ4n) is 1.86. The second-order valence-electron chi connectivity index (χ2n) is 4.01. The fraction of sp³-hybridized carbons (Fsp3) is 0.273. The van der Waals surface area contributed by atoms with E-state index < -0.39 is 5.41 Å². The van der Waals surface area contributed by atoms with Crippen LogP contribution in [0.1, 0.15) is 18.9 Å². The van der Waals surface area contributed by atoms with Gasteiger partial charge in [-0.15, -0.1) is 0 Å². The number of benzene rings is 1. The second kappa shape index (κ2) is 3.66. The van der Waals surface area contributed by atoms with Crippen molar-refractivity contribution in [3.05, 3.63) is 34.1 Å². The molecule has 2 amide bonds. The minimum absolute atomic E-state index is 0.0933. The molecule has 5 heteroatoms. The highest BCUT2D eigenvalue weighted by atomic mass is 79.9. The molecule has 1 aromatic rings. The zero-order chi connectivity index (χ0) is 11.9. The van der Waals surface area contributed by atoms with Crippen molar-refractivity contribution in [1.82, 2.24) is 5.32 Å². The molecule has 0 radical (unpaired) electrons. The summed E-state index contributed by atoms with van der Waals surface area (Å²) >= 11 is 3.21. The van der Waals surface area contributed by atoms with Crippen molar-refractivity contribution < 1.29 is 14.0 Å². The molecule has 2 rings (SSSR count). The van der Waals surface area contributed by atoms with Crippen LogP contribution in [0.2, 0.25) is 0 Å². The van der Waals surface area contributed by atoms with E-state index >= 15 is 0 Å². The maximum Gasteiger partial charge on any atom is 0.237 e. The standard InChI is InChI=1S/C11H9BrFNO2/c1-11(5-9(15)14-10(11)16)7-3-2-6(13)4-8(7)12/h2-4H,5H2,1H3,(H,14,15,16). The molecule has 0 spiro atoms. The normalized spacial score (nSPS) is 24.7. The number of imide groups is 1. The molecular weight excluding hydrogens is 277 g/mol. The van der Waals surface area contributed by atoms with Crippen molar-refractivity contribution in [2.45, 2.75) is 18.8 Å². The summed E-state index contributed by atoms with van der Waals surface area (Å²) in [7, 11) is 0. The van der Waals surface area contributed by atoms with E-state index in [9.17, 15) is 14.0 Å². The third-order valence-electron chi connectivity index (χ3n) is 2.79. The highest BCUT2D eigenvalue weighted by Gasteiger charge is 2.44. The highest BCUT2D eigenvalue weighted by Crippen LogP contribution is 2.36. The van der Waals surface area contributed by atoms with Gasteiger partial charge in [0.25, 0.3) is 0 Å². The van der Waals surface area contributed by atoms with E-state index in [0.717, 1.165) is 0 Å². The van der Waals surface area contributed by atoms with E-state index in [-0.39, 0.29) is 24.1 Å². The fourth-order valence-corrected chi connectivity index (χ4v) is 2.65. The van der Waals surface area contributed by atoms with Gasteiger partial charge in [-0.1, -0.05) is 22.0 Å². The Kier molecular flexibility index (Phi) is 2.58. The Balaban J connectivity index is 2.51. The Morgan fingerprint density at radius 3 is 2.62 bits per heavy atom. The summed E-state index contributed by atoms with van der Waals surface area (Å²) < 4.78 is 13.4. The molecule has 1 aliphatic heterocycles. The number of carbonyl (C=O) groups is 2. The molecule has 3 nitrogen and oxygen atoms in total. The summed E-state index contributed by atoms with van der Waals surface area (Å²) in [6.45, 7) is 1.67. The van der Waals surface area contributed by atoms with Crippen LogP contribution in [-0.4, -0.2) is 11.8 Å². The molecule has 1 N–H and O–H groups in total. The topological polar surface area (TPSA) is 46.2 Å². The molecule has 16 heavy (non-hydrogen) atoms. The average molecular weight is 286 g/mol. The molecule has 1 unspecified atom stereocenters. The van der Waals surface area contributed by atoms with E-state index in [0.29, 0.717) is 10.0 Å². The first-order valence-electron chi connectivity index (χ1n) is 4.73. The number of rotatable bonds is 1. The number of hydrogen-bond acceptors (Lipinski definition) is 2. The Morgan fingerprint density at radius 1 is 1.44 bits per heavy atom. The van der Waals surface area contributed by atoms with Gasteiger partial charge in [0, 0.05) is 10.9 Å². The monoisotopic (exact) mass is 285 g/mol. The zero-order valence-electron chi connectivity index (χ0n) is 8.51. The highest BCUT2D eigenvalue weighted by molar-refractivity contribution is 9.10. The predicted molar refractivity (Wildman–Crippen MR) is 59.2 cm³/mol. The third kappa shape index (κ3) is 1.65. The largest absolute Gasteiger partial charge is 0.296 e. The van der Waals surface area contributed by atoms with Crippen molar-refractivity contribution in [2.24, 2.45) is 0 Å². The molecule has 0 saturated carbocycles. The Labute approximate surface area is 100 Å². The number of halogens is 2. The summed E-state index contributed by atoms with van der Waals surface area (Å²) in [5.74, 6) is -1.03. The summed E-state index contributed by atoms with van der Waals surface area (Å²) in [5, 5.41) is 2.26. The Hall–Kier alpha value is -1.23. The molecule has 1 heterocycles. The van der Waals surface area contributed by atoms with Gasteiger partial charge in [-0.3, -0.25) is 14.9 Å². The average Bonchev–Trinajstić information content (AvgIpc) is 2.40. The molecule has 1 fully saturated rings. The van der Waals surface area contributed by atoms with Gasteiger partial charge >= 0.3 is 0 Å². The summed E-state index contributed by atoms with van der Waals surface area (Å²) in [4.78, 5) is 22.9. The maximum atomic E-state index is 12.9. The van der Waals surface area contributed by atoms with Crippen molar-refractivity contribution in [1.29, 1.82) is 0 Å². The van der Waals surface area contributed by atoms with Crippen molar-refractivity contribution in [3.8, 4) is 0 Å². The van der Waals surface area contributed by atoms with Gasteiger partial charge in [-0.05, 0) is 24.6 Å². The van der Waals surface area contributed by atoms with Gasteiger partial charge < -0.3 is 0 Å². The lowest BCUT2D eigenvalue weighted by atomic mass is 9.81.